The number of piperidine rings is 1. The molecule has 0 aliphatic carbocycles. The lowest BCUT2D eigenvalue weighted by atomic mass is 10.1. The van der Waals surface area contributed by atoms with E-state index in [9.17, 15) is 0 Å². The molecule has 4 heteroatoms. The second-order valence-corrected chi connectivity index (χ2v) is 5.79. The maximum absolute atomic E-state index is 4.61. The first-order valence-corrected chi connectivity index (χ1v) is 6.92. The third-order valence-electron chi connectivity index (χ3n) is 2.54. The Morgan fingerprint density at radius 2 is 2.57 bits per heavy atom. The van der Waals surface area contributed by atoms with Gasteiger partial charge in [-0.25, -0.2) is 4.98 Å². The van der Waals surface area contributed by atoms with E-state index >= 15 is 0 Å². The first-order valence-electron chi connectivity index (χ1n) is 5.13. The molecule has 2 nitrogen and oxygen atoms in total. The molecule has 0 amide bonds. The first kappa shape index (κ1) is 10.4. The van der Waals surface area contributed by atoms with Crippen molar-refractivity contribution in [3.8, 4) is 0 Å². The molecule has 1 aromatic heterocycles. The van der Waals surface area contributed by atoms with Gasteiger partial charge < -0.3 is 4.90 Å². The number of rotatable bonds is 2. The van der Waals surface area contributed by atoms with Gasteiger partial charge in [-0.05, 0) is 19.3 Å². The highest BCUT2D eigenvalue weighted by Crippen LogP contribution is 2.26. The summed E-state index contributed by atoms with van der Waals surface area (Å²) >= 11 is 5.46. The fourth-order valence-electron chi connectivity index (χ4n) is 1.70. The topological polar surface area (TPSA) is 16.1 Å². The summed E-state index contributed by atoms with van der Waals surface area (Å²) in [7, 11) is 0. The van der Waals surface area contributed by atoms with Crippen molar-refractivity contribution < 1.29 is 0 Å². The maximum Gasteiger partial charge on any atom is 0.185 e. The van der Waals surface area contributed by atoms with Crippen molar-refractivity contribution in [1.82, 2.24) is 4.98 Å². The van der Waals surface area contributed by atoms with Crippen molar-refractivity contribution in [2.45, 2.75) is 31.0 Å². The molecule has 1 aliphatic heterocycles. The number of aromatic nitrogens is 1. The van der Waals surface area contributed by atoms with Crippen LogP contribution in [0.2, 0.25) is 0 Å². The van der Waals surface area contributed by atoms with Crippen molar-refractivity contribution in [3.63, 3.8) is 0 Å². The normalized spacial score (nSPS) is 22.7. The highest BCUT2D eigenvalue weighted by Gasteiger charge is 2.19. The highest BCUT2D eigenvalue weighted by atomic mass is 79.9. The molecule has 1 unspecified atom stereocenters. The molecule has 1 fully saturated rings. The van der Waals surface area contributed by atoms with Gasteiger partial charge >= 0.3 is 0 Å². The molecule has 0 aromatic carbocycles. The van der Waals surface area contributed by atoms with Crippen LogP contribution >= 0.6 is 27.3 Å². The van der Waals surface area contributed by atoms with Crippen LogP contribution in [0.3, 0.4) is 0 Å². The number of halogens is 1. The molecule has 0 bridgehead atoms. The number of hydrogen-bond donors (Lipinski definition) is 0. The second kappa shape index (κ2) is 4.62. The third-order valence-corrected chi connectivity index (χ3v) is 4.23. The van der Waals surface area contributed by atoms with E-state index in [1.54, 1.807) is 11.3 Å². The molecule has 0 radical (unpaired) electrons. The van der Waals surface area contributed by atoms with Gasteiger partial charge in [0.05, 0.1) is 5.69 Å². The third kappa shape index (κ3) is 2.28. The Kier molecular flexibility index (Phi) is 3.44. The van der Waals surface area contributed by atoms with E-state index in [0.29, 0.717) is 4.83 Å². The zero-order valence-corrected chi connectivity index (χ0v) is 10.8. The van der Waals surface area contributed by atoms with Crippen LogP contribution in [-0.2, 0) is 6.42 Å². The molecule has 14 heavy (non-hydrogen) atoms. The summed E-state index contributed by atoms with van der Waals surface area (Å²) in [6.45, 7) is 4.43. The van der Waals surface area contributed by atoms with Crippen LogP contribution in [-0.4, -0.2) is 22.9 Å². The van der Waals surface area contributed by atoms with Crippen LogP contribution in [0, 0.1) is 0 Å². The Labute approximate surface area is 97.5 Å². The molecule has 1 atom stereocenters. The summed E-state index contributed by atoms with van der Waals surface area (Å²) in [5.41, 5.74) is 1.22. The van der Waals surface area contributed by atoms with Crippen LogP contribution in [0.4, 0.5) is 5.13 Å². The Hall–Kier alpha value is -0.0900. The fourth-order valence-corrected chi connectivity index (χ4v) is 3.32. The lowest BCUT2D eigenvalue weighted by molar-refractivity contribution is 0.594. The average Bonchev–Trinajstić information content (AvgIpc) is 2.66. The lowest BCUT2D eigenvalue weighted by Gasteiger charge is -2.29. The highest BCUT2D eigenvalue weighted by molar-refractivity contribution is 9.09. The van der Waals surface area contributed by atoms with E-state index in [0.717, 1.165) is 13.0 Å². The molecule has 78 valence electrons. The number of aryl methyl sites for hydroxylation is 1. The smallest absolute Gasteiger partial charge is 0.185 e. The predicted octanol–water partition coefficient (Wildman–Crippen LogP) is 3.07. The quantitative estimate of drug-likeness (QED) is 0.771. The van der Waals surface area contributed by atoms with Gasteiger partial charge in [-0.2, -0.15) is 0 Å². The molecule has 1 aliphatic rings. The minimum absolute atomic E-state index is 0.644. The molecule has 2 heterocycles. The van der Waals surface area contributed by atoms with E-state index in [1.165, 1.54) is 30.2 Å². The van der Waals surface area contributed by atoms with Crippen molar-refractivity contribution in [2.24, 2.45) is 0 Å². The van der Waals surface area contributed by atoms with Gasteiger partial charge in [0.2, 0.25) is 0 Å². The van der Waals surface area contributed by atoms with Crippen LogP contribution in [0.1, 0.15) is 25.5 Å². The zero-order valence-electron chi connectivity index (χ0n) is 8.37. The van der Waals surface area contributed by atoms with E-state index < -0.39 is 0 Å². The average molecular weight is 275 g/mol. The van der Waals surface area contributed by atoms with Crippen molar-refractivity contribution in [1.29, 1.82) is 0 Å². The van der Waals surface area contributed by atoms with E-state index in [1.807, 2.05) is 0 Å². The number of alkyl halides is 1. The summed E-state index contributed by atoms with van der Waals surface area (Å²) in [4.78, 5) is 7.65. The number of hydrogen-bond acceptors (Lipinski definition) is 3. The summed E-state index contributed by atoms with van der Waals surface area (Å²) in [5.74, 6) is 0. The SMILES string of the molecule is CCc1csc(N2CCCC(Br)C2)n1. The van der Waals surface area contributed by atoms with Crippen molar-refractivity contribution in [2.75, 3.05) is 18.0 Å². The van der Waals surface area contributed by atoms with Crippen LogP contribution in [0.5, 0.6) is 0 Å². The van der Waals surface area contributed by atoms with Crippen LogP contribution < -0.4 is 4.90 Å². The molecule has 0 saturated carbocycles. The van der Waals surface area contributed by atoms with Crippen molar-refractivity contribution in [3.05, 3.63) is 11.1 Å². The second-order valence-electron chi connectivity index (χ2n) is 3.66. The predicted molar refractivity (Wildman–Crippen MR) is 65.7 cm³/mol. The molecular formula is C10H15BrN2S. The Balaban J connectivity index is 2.06. The first-order chi connectivity index (χ1) is 6.79. The minimum atomic E-state index is 0.644. The standard InChI is InChI=1S/C10H15BrN2S/c1-2-9-7-14-10(12-9)13-5-3-4-8(11)6-13/h7-8H,2-6H2,1H3. The van der Waals surface area contributed by atoms with Gasteiger partial charge in [0.1, 0.15) is 0 Å². The molecule has 2 rings (SSSR count). The van der Waals surface area contributed by atoms with Crippen LogP contribution in [0.25, 0.3) is 0 Å². The Bertz CT molecular complexity index is 300. The monoisotopic (exact) mass is 274 g/mol. The lowest BCUT2D eigenvalue weighted by Crippen LogP contribution is -2.35. The molecule has 1 saturated heterocycles. The molecule has 1 aromatic rings. The van der Waals surface area contributed by atoms with Gasteiger partial charge in [-0.1, -0.05) is 22.9 Å². The summed E-state index contributed by atoms with van der Waals surface area (Å²) in [5, 5.41) is 3.37. The maximum atomic E-state index is 4.61. The van der Waals surface area contributed by atoms with Crippen molar-refractivity contribution >= 4 is 32.4 Å². The van der Waals surface area contributed by atoms with Gasteiger partial charge in [0.15, 0.2) is 5.13 Å². The summed E-state index contributed by atoms with van der Waals surface area (Å²) in [6.07, 6.45) is 3.61. The molecule has 0 N–H and O–H groups in total. The van der Waals surface area contributed by atoms with Gasteiger partial charge in [-0.3, -0.25) is 0 Å². The number of anilines is 1. The Morgan fingerprint density at radius 3 is 3.21 bits per heavy atom. The van der Waals surface area contributed by atoms with E-state index in [2.05, 4.69) is 38.1 Å². The summed E-state index contributed by atoms with van der Waals surface area (Å²) in [6, 6.07) is 0. The number of thiazole rings is 1. The fraction of sp³-hybridized carbons (Fsp3) is 0.700. The largest absolute Gasteiger partial charge is 0.347 e. The van der Waals surface area contributed by atoms with E-state index in [-0.39, 0.29) is 0 Å². The van der Waals surface area contributed by atoms with Gasteiger partial charge in [-0.15, -0.1) is 11.3 Å². The van der Waals surface area contributed by atoms with Gasteiger partial charge in [0, 0.05) is 23.3 Å². The molecule has 0 spiro atoms. The molecular weight excluding hydrogens is 260 g/mol. The Morgan fingerprint density at radius 1 is 1.71 bits per heavy atom. The van der Waals surface area contributed by atoms with E-state index in [4.69, 9.17) is 0 Å². The minimum Gasteiger partial charge on any atom is -0.347 e. The van der Waals surface area contributed by atoms with Crippen LogP contribution in [0.15, 0.2) is 5.38 Å². The zero-order chi connectivity index (χ0) is 9.97. The summed E-state index contributed by atoms with van der Waals surface area (Å²) < 4.78 is 0. The van der Waals surface area contributed by atoms with Gasteiger partial charge in [0.25, 0.3) is 0 Å². The number of nitrogens with zero attached hydrogens (tertiary/aromatic N) is 2.